The first kappa shape index (κ1) is 4.39. The van der Waals surface area contributed by atoms with Crippen LogP contribution in [-0.2, 0) is 9.47 Å². The zero-order valence-corrected chi connectivity index (χ0v) is 4.59. The van der Waals surface area contributed by atoms with Crippen LogP contribution in [0.1, 0.15) is 6.42 Å². The lowest BCUT2D eigenvalue weighted by molar-refractivity contribution is -0.125. The number of rotatable bonds is 0. The molecule has 0 aromatic rings. The highest BCUT2D eigenvalue weighted by molar-refractivity contribution is 5.08. The average molecular weight is 112 g/mol. The summed E-state index contributed by atoms with van der Waals surface area (Å²) in [6.45, 7) is 1.63. The van der Waals surface area contributed by atoms with Gasteiger partial charge in [0.05, 0.1) is 12.9 Å². The Morgan fingerprint density at radius 2 is 2.38 bits per heavy atom. The molecule has 1 atom stereocenters. The topological polar surface area (TPSA) is 18.5 Å². The lowest BCUT2D eigenvalue weighted by atomic mass is 9.98. The van der Waals surface area contributed by atoms with Crippen molar-refractivity contribution >= 4 is 0 Å². The fraction of sp³-hybridized carbons (Fsp3) is 0.667. The summed E-state index contributed by atoms with van der Waals surface area (Å²) in [5.74, 6) is 0. The summed E-state index contributed by atoms with van der Waals surface area (Å²) in [5.41, 5.74) is 0.0139. The Bertz CT molecular complexity index is 124. The maximum Gasteiger partial charge on any atom is 0.125 e. The molecule has 0 N–H and O–H groups in total. The zero-order valence-electron chi connectivity index (χ0n) is 4.59. The minimum atomic E-state index is 0.0139. The van der Waals surface area contributed by atoms with Crippen LogP contribution in [0.15, 0.2) is 12.3 Å². The van der Waals surface area contributed by atoms with Crippen LogP contribution in [0.4, 0.5) is 0 Å². The van der Waals surface area contributed by atoms with Crippen molar-refractivity contribution in [1.29, 1.82) is 0 Å². The van der Waals surface area contributed by atoms with Crippen LogP contribution in [-0.4, -0.2) is 18.8 Å². The second-order valence-corrected chi connectivity index (χ2v) is 2.28. The maximum absolute atomic E-state index is 5.27. The molecule has 2 nitrogen and oxygen atoms in total. The Kier molecular flexibility index (Phi) is 0.690. The summed E-state index contributed by atoms with van der Waals surface area (Å²) in [7, 11) is 0. The highest BCUT2D eigenvalue weighted by Crippen LogP contribution is 2.31. The van der Waals surface area contributed by atoms with Crippen LogP contribution in [0.2, 0.25) is 0 Å². The SMILES string of the molecule is C1=CC2(CCO2)CO1. The molecule has 0 amide bonds. The molecule has 2 aliphatic rings. The third kappa shape index (κ3) is 0.409. The van der Waals surface area contributed by atoms with Gasteiger partial charge in [0.25, 0.3) is 0 Å². The third-order valence-corrected chi connectivity index (χ3v) is 1.71. The van der Waals surface area contributed by atoms with Crippen molar-refractivity contribution in [3.63, 3.8) is 0 Å². The van der Waals surface area contributed by atoms with E-state index in [-0.39, 0.29) is 5.60 Å². The Hall–Kier alpha value is -0.500. The molecule has 1 saturated heterocycles. The highest BCUT2D eigenvalue weighted by Gasteiger charge is 2.39. The van der Waals surface area contributed by atoms with E-state index in [1.807, 2.05) is 6.08 Å². The molecule has 2 heteroatoms. The Morgan fingerprint density at radius 1 is 1.50 bits per heavy atom. The Labute approximate surface area is 48.1 Å². The van der Waals surface area contributed by atoms with Crippen LogP contribution >= 0.6 is 0 Å². The molecular formula is C6H8O2. The molecule has 1 spiro atoms. The summed E-state index contributed by atoms with van der Waals surface area (Å²) in [5, 5.41) is 0. The molecule has 0 aromatic carbocycles. The monoisotopic (exact) mass is 112 g/mol. The number of hydrogen-bond acceptors (Lipinski definition) is 2. The van der Waals surface area contributed by atoms with E-state index >= 15 is 0 Å². The third-order valence-electron chi connectivity index (χ3n) is 1.71. The molecule has 2 aliphatic heterocycles. The molecule has 0 bridgehead atoms. The maximum atomic E-state index is 5.27. The van der Waals surface area contributed by atoms with Gasteiger partial charge in [0.2, 0.25) is 0 Å². The first-order chi connectivity index (χ1) is 3.91. The summed E-state index contributed by atoms with van der Waals surface area (Å²) in [6.07, 6.45) is 4.85. The largest absolute Gasteiger partial charge is 0.498 e. The van der Waals surface area contributed by atoms with E-state index in [1.54, 1.807) is 6.26 Å². The van der Waals surface area contributed by atoms with Crippen molar-refractivity contribution in [1.82, 2.24) is 0 Å². The molecule has 1 unspecified atom stereocenters. The van der Waals surface area contributed by atoms with E-state index in [1.165, 1.54) is 0 Å². The summed E-state index contributed by atoms with van der Waals surface area (Å²) >= 11 is 0. The quantitative estimate of drug-likeness (QED) is 0.459. The first-order valence-electron chi connectivity index (χ1n) is 2.85. The molecule has 0 aliphatic carbocycles. The van der Waals surface area contributed by atoms with Gasteiger partial charge in [0.1, 0.15) is 12.2 Å². The smallest absolute Gasteiger partial charge is 0.125 e. The molecule has 1 fully saturated rings. The Morgan fingerprint density at radius 3 is 2.62 bits per heavy atom. The van der Waals surface area contributed by atoms with Gasteiger partial charge in [-0.05, 0) is 6.08 Å². The van der Waals surface area contributed by atoms with E-state index in [2.05, 4.69) is 0 Å². The van der Waals surface area contributed by atoms with E-state index < -0.39 is 0 Å². The van der Waals surface area contributed by atoms with Gasteiger partial charge >= 0.3 is 0 Å². The minimum absolute atomic E-state index is 0.0139. The predicted molar refractivity (Wildman–Crippen MR) is 28.4 cm³/mol. The summed E-state index contributed by atoms with van der Waals surface area (Å²) in [4.78, 5) is 0. The van der Waals surface area contributed by atoms with Gasteiger partial charge in [-0.1, -0.05) is 0 Å². The molecular weight excluding hydrogens is 104 g/mol. The van der Waals surface area contributed by atoms with E-state index in [4.69, 9.17) is 9.47 Å². The predicted octanol–water partition coefficient (Wildman–Crippen LogP) is 0.689. The second kappa shape index (κ2) is 1.26. The minimum Gasteiger partial charge on any atom is -0.498 e. The van der Waals surface area contributed by atoms with E-state index in [9.17, 15) is 0 Å². The van der Waals surface area contributed by atoms with E-state index in [0.29, 0.717) is 0 Å². The normalized spacial score (nSPS) is 42.0. The lowest BCUT2D eigenvalue weighted by Crippen LogP contribution is -2.43. The first-order valence-corrected chi connectivity index (χ1v) is 2.85. The molecule has 2 rings (SSSR count). The molecule has 2 heterocycles. The molecule has 8 heavy (non-hydrogen) atoms. The second-order valence-electron chi connectivity index (χ2n) is 2.28. The van der Waals surface area contributed by atoms with Gasteiger partial charge < -0.3 is 9.47 Å². The molecule has 0 radical (unpaired) electrons. The fourth-order valence-corrected chi connectivity index (χ4v) is 1.02. The van der Waals surface area contributed by atoms with Gasteiger partial charge in [-0.15, -0.1) is 0 Å². The highest BCUT2D eigenvalue weighted by atomic mass is 16.6. The van der Waals surface area contributed by atoms with Crippen molar-refractivity contribution in [2.75, 3.05) is 13.2 Å². The Balaban J connectivity index is 2.13. The van der Waals surface area contributed by atoms with Crippen molar-refractivity contribution in [3.05, 3.63) is 12.3 Å². The number of hydrogen-bond donors (Lipinski definition) is 0. The van der Waals surface area contributed by atoms with Crippen molar-refractivity contribution in [2.45, 2.75) is 12.0 Å². The molecule has 44 valence electrons. The summed E-state index contributed by atoms with van der Waals surface area (Å²) in [6, 6.07) is 0. The van der Waals surface area contributed by atoms with Crippen LogP contribution in [0.25, 0.3) is 0 Å². The van der Waals surface area contributed by atoms with Crippen molar-refractivity contribution < 1.29 is 9.47 Å². The van der Waals surface area contributed by atoms with E-state index in [0.717, 1.165) is 19.6 Å². The van der Waals surface area contributed by atoms with Crippen LogP contribution in [0, 0.1) is 0 Å². The lowest BCUT2D eigenvalue weighted by Gasteiger charge is -2.34. The van der Waals surface area contributed by atoms with Crippen molar-refractivity contribution in [2.24, 2.45) is 0 Å². The van der Waals surface area contributed by atoms with Gasteiger partial charge in [0, 0.05) is 6.42 Å². The fourth-order valence-electron chi connectivity index (χ4n) is 1.02. The molecule has 0 saturated carbocycles. The average Bonchev–Trinajstić information content (AvgIpc) is 2.07. The zero-order chi connectivity index (χ0) is 5.45. The van der Waals surface area contributed by atoms with Crippen LogP contribution in [0.3, 0.4) is 0 Å². The standard InChI is InChI=1S/C6H8O2/c1-3-7-5-6(1)2-4-8-6/h1,3H,2,4-5H2. The van der Waals surface area contributed by atoms with Gasteiger partial charge in [-0.25, -0.2) is 0 Å². The molecule has 0 aromatic heterocycles. The van der Waals surface area contributed by atoms with Crippen LogP contribution in [0.5, 0.6) is 0 Å². The summed E-state index contributed by atoms with van der Waals surface area (Å²) < 4.78 is 10.3. The van der Waals surface area contributed by atoms with Gasteiger partial charge in [-0.3, -0.25) is 0 Å². The van der Waals surface area contributed by atoms with Crippen molar-refractivity contribution in [3.8, 4) is 0 Å². The van der Waals surface area contributed by atoms with Gasteiger partial charge in [-0.2, -0.15) is 0 Å². The van der Waals surface area contributed by atoms with Gasteiger partial charge in [0.15, 0.2) is 0 Å². The number of ether oxygens (including phenoxy) is 2. The van der Waals surface area contributed by atoms with Crippen LogP contribution < -0.4 is 0 Å².